The van der Waals surface area contributed by atoms with Crippen LogP contribution in [0.15, 0.2) is 6.20 Å². The van der Waals surface area contributed by atoms with Crippen LogP contribution in [0.25, 0.3) is 0 Å². The minimum absolute atomic E-state index is 0.0130. The first-order chi connectivity index (χ1) is 11.8. The fourth-order valence-electron chi connectivity index (χ4n) is 4.08. The van der Waals surface area contributed by atoms with Crippen LogP contribution >= 0.6 is 0 Å². The number of hydrogen-bond donors (Lipinski definition) is 2. The Hall–Kier alpha value is -2.15. The summed E-state index contributed by atoms with van der Waals surface area (Å²) < 4.78 is 5.83. The Balaban J connectivity index is 1.68. The Bertz CT molecular complexity index is 806. The molecule has 4 heterocycles. The lowest BCUT2D eigenvalue weighted by Gasteiger charge is -2.30. The molecule has 25 heavy (non-hydrogen) atoms. The number of aromatic amines is 2. The fraction of sp³-hybridized carbons (Fsp3) is 0.611. The number of carbonyl (C=O) groups excluding carboxylic acids is 1. The molecule has 0 saturated heterocycles. The number of fused-ring (bicyclic) bond motifs is 2. The molecule has 2 atom stereocenters. The number of carbonyl (C=O) groups is 1. The molecule has 2 aromatic rings. The molecule has 0 radical (unpaired) electrons. The predicted octanol–water partition coefficient (Wildman–Crippen LogP) is 2.38. The lowest BCUT2D eigenvalue weighted by Crippen LogP contribution is -2.38. The minimum atomic E-state index is -0.0612. The summed E-state index contributed by atoms with van der Waals surface area (Å²) in [6, 6.07) is 0. The van der Waals surface area contributed by atoms with Crippen LogP contribution in [0.5, 0.6) is 0 Å². The van der Waals surface area contributed by atoms with Gasteiger partial charge in [-0.2, -0.15) is 10.2 Å². The Kier molecular flexibility index (Phi) is 3.72. The third-order valence-corrected chi connectivity index (χ3v) is 5.17. The van der Waals surface area contributed by atoms with Crippen molar-refractivity contribution in [3.05, 3.63) is 34.4 Å². The van der Waals surface area contributed by atoms with E-state index in [1.54, 1.807) is 0 Å². The van der Waals surface area contributed by atoms with Crippen molar-refractivity contribution in [2.24, 2.45) is 5.41 Å². The number of aromatic nitrogens is 4. The number of nitrogens with one attached hydrogen (secondary N) is 2. The first-order valence-electron chi connectivity index (χ1n) is 8.87. The maximum absolute atomic E-state index is 13.3. The van der Waals surface area contributed by atoms with E-state index in [1.807, 2.05) is 24.9 Å². The van der Waals surface area contributed by atoms with E-state index in [0.717, 1.165) is 28.9 Å². The lowest BCUT2D eigenvalue weighted by atomic mass is 9.87. The zero-order chi connectivity index (χ0) is 17.8. The van der Waals surface area contributed by atoms with E-state index in [4.69, 9.17) is 4.74 Å². The van der Waals surface area contributed by atoms with Gasteiger partial charge < -0.3 is 9.64 Å². The summed E-state index contributed by atoms with van der Waals surface area (Å²) in [6.07, 6.45) is 3.45. The van der Waals surface area contributed by atoms with Crippen molar-refractivity contribution in [3.63, 3.8) is 0 Å². The van der Waals surface area contributed by atoms with Crippen LogP contribution in [0.1, 0.15) is 66.8 Å². The smallest absolute Gasteiger partial charge is 0.274 e. The number of nitrogens with zero attached hydrogens (tertiary/aromatic N) is 3. The van der Waals surface area contributed by atoms with E-state index < -0.39 is 0 Å². The van der Waals surface area contributed by atoms with Crippen LogP contribution in [0.3, 0.4) is 0 Å². The van der Waals surface area contributed by atoms with E-state index in [0.29, 0.717) is 25.2 Å². The number of ether oxygens (including phenoxy) is 1. The first kappa shape index (κ1) is 16.3. The lowest BCUT2D eigenvalue weighted by molar-refractivity contribution is -0.00704. The first-order valence-corrected chi connectivity index (χ1v) is 8.87. The zero-order valence-electron chi connectivity index (χ0n) is 15.2. The molecule has 7 heteroatoms. The number of hydrogen-bond acceptors (Lipinski definition) is 4. The number of rotatable bonds is 1. The molecule has 4 rings (SSSR count). The Labute approximate surface area is 147 Å². The van der Waals surface area contributed by atoms with Crippen molar-refractivity contribution in [3.8, 4) is 0 Å². The molecular weight excluding hydrogens is 318 g/mol. The molecule has 2 aliphatic heterocycles. The van der Waals surface area contributed by atoms with Gasteiger partial charge in [0.2, 0.25) is 0 Å². The highest BCUT2D eigenvalue weighted by Crippen LogP contribution is 2.33. The van der Waals surface area contributed by atoms with Crippen molar-refractivity contribution >= 4 is 5.91 Å². The minimum Gasteiger partial charge on any atom is -0.369 e. The van der Waals surface area contributed by atoms with Crippen LogP contribution in [0.2, 0.25) is 0 Å². The molecule has 1 amide bonds. The van der Waals surface area contributed by atoms with Gasteiger partial charge >= 0.3 is 0 Å². The second-order valence-corrected chi connectivity index (χ2v) is 8.13. The molecule has 2 aliphatic rings. The standard InChI is InChI=1S/C18H25N5O2/c1-10-5-13-15(11(2)25-10)21-22-16(13)17(24)23-8-12-7-19-20-14(12)6-18(3,4)9-23/h7,10-11H,5-6,8-9H2,1-4H3,(H,19,20)(H,21,22)/t10-,11+/m1/s1. The highest BCUT2D eigenvalue weighted by molar-refractivity contribution is 5.94. The van der Waals surface area contributed by atoms with Crippen molar-refractivity contribution in [1.82, 2.24) is 25.3 Å². The van der Waals surface area contributed by atoms with E-state index in [9.17, 15) is 4.79 Å². The summed E-state index contributed by atoms with van der Waals surface area (Å²) in [5.41, 5.74) is 4.67. The molecule has 0 aliphatic carbocycles. The monoisotopic (exact) mass is 343 g/mol. The van der Waals surface area contributed by atoms with Crippen molar-refractivity contribution in [2.45, 2.75) is 59.3 Å². The second-order valence-electron chi connectivity index (χ2n) is 8.13. The van der Waals surface area contributed by atoms with Gasteiger partial charge in [-0.1, -0.05) is 13.8 Å². The summed E-state index contributed by atoms with van der Waals surface area (Å²) in [6.45, 7) is 9.65. The topological polar surface area (TPSA) is 86.9 Å². The third kappa shape index (κ3) is 2.86. The van der Waals surface area contributed by atoms with E-state index >= 15 is 0 Å². The molecule has 0 unspecified atom stereocenters. The van der Waals surface area contributed by atoms with Crippen LogP contribution in [0, 0.1) is 5.41 Å². The van der Waals surface area contributed by atoms with Gasteiger partial charge in [-0.3, -0.25) is 15.0 Å². The van der Waals surface area contributed by atoms with Gasteiger partial charge in [0, 0.05) is 36.3 Å². The highest BCUT2D eigenvalue weighted by Gasteiger charge is 2.35. The molecule has 7 nitrogen and oxygen atoms in total. The molecule has 0 saturated carbocycles. The Morgan fingerprint density at radius 1 is 1.36 bits per heavy atom. The largest absolute Gasteiger partial charge is 0.369 e. The summed E-state index contributed by atoms with van der Waals surface area (Å²) >= 11 is 0. The van der Waals surface area contributed by atoms with Gasteiger partial charge in [0.05, 0.1) is 24.1 Å². The highest BCUT2D eigenvalue weighted by atomic mass is 16.5. The number of H-pyrrole nitrogens is 2. The van der Waals surface area contributed by atoms with Gasteiger partial charge in [-0.25, -0.2) is 0 Å². The SMILES string of the molecule is C[C@@H]1Cc2c(C(=O)N3Cc4cn[nH]c4CC(C)(C)C3)n[nH]c2[C@H](C)O1. The molecule has 0 spiro atoms. The third-order valence-electron chi connectivity index (χ3n) is 5.17. The maximum Gasteiger partial charge on any atom is 0.274 e. The van der Waals surface area contributed by atoms with E-state index in [-0.39, 0.29) is 23.5 Å². The number of amides is 1. The average Bonchev–Trinajstić information content (AvgIpc) is 3.09. The van der Waals surface area contributed by atoms with Crippen molar-refractivity contribution in [1.29, 1.82) is 0 Å². The normalized spacial score (nSPS) is 25.2. The average molecular weight is 343 g/mol. The molecule has 0 aromatic carbocycles. The summed E-state index contributed by atoms with van der Waals surface area (Å²) in [4.78, 5) is 15.2. The Morgan fingerprint density at radius 2 is 2.16 bits per heavy atom. The van der Waals surface area contributed by atoms with Crippen LogP contribution in [-0.4, -0.2) is 43.9 Å². The van der Waals surface area contributed by atoms with Gasteiger partial charge in [0.1, 0.15) is 0 Å². The summed E-state index contributed by atoms with van der Waals surface area (Å²) in [5.74, 6) is -0.0130. The quantitative estimate of drug-likeness (QED) is 0.832. The molecule has 0 bridgehead atoms. The Morgan fingerprint density at radius 3 is 2.96 bits per heavy atom. The zero-order valence-corrected chi connectivity index (χ0v) is 15.2. The molecule has 134 valence electrons. The van der Waals surface area contributed by atoms with Crippen LogP contribution in [-0.2, 0) is 24.1 Å². The van der Waals surface area contributed by atoms with Crippen molar-refractivity contribution < 1.29 is 9.53 Å². The van der Waals surface area contributed by atoms with E-state index in [2.05, 4.69) is 34.2 Å². The van der Waals surface area contributed by atoms with Crippen LogP contribution in [0.4, 0.5) is 0 Å². The molecular formula is C18H25N5O2. The van der Waals surface area contributed by atoms with Gasteiger partial charge in [-0.15, -0.1) is 0 Å². The van der Waals surface area contributed by atoms with Gasteiger partial charge in [-0.05, 0) is 25.7 Å². The maximum atomic E-state index is 13.3. The van der Waals surface area contributed by atoms with Crippen molar-refractivity contribution in [2.75, 3.05) is 6.54 Å². The molecule has 0 fully saturated rings. The molecule has 2 aromatic heterocycles. The summed E-state index contributed by atoms with van der Waals surface area (Å²) in [5, 5.41) is 14.6. The second kappa shape index (κ2) is 5.69. The predicted molar refractivity (Wildman–Crippen MR) is 92.1 cm³/mol. The van der Waals surface area contributed by atoms with E-state index in [1.165, 1.54) is 0 Å². The van der Waals surface area contributed by atoms with Gasteiger partial charge in [0.15, 0.2) is 5.69 Å². The van der Waals surface area contributed by atoms with Crippen LogP contribution < -0.4 is 0 Å². The summed E-state index contributed by atoms with van der Waals surface area (Å²) in [7, 11) is 0. The van der Waals surface area contributed by atoms with Gasteiger partial charge in [0.25, 0.3) is 5.91 Å². The fourth-order valence-corrected chi connectivity index (χ4v) is 4.08. The molecule has 2 N–H and O–H groups in total.